The van der Waals surface area contributed by atoms with E-state index in [9.17, 15) is 23.3 Å². The Morgan fingerprint density at radius 2 is 2.06 bits per heavy atom. The molecule has 0 bridgehead atoms. The third-order valence-corrected chi connectivity index (χ3v) is 2.21. The fourth-order valence-electron chi connectivity index (χ4n) is 1.17. The van der Waals surface area contributed by atoms with Gasteiger partial charge < -0.3 is 5.32 Å². The van der Waals surface area contributed by atoms with Crippen molar-refractivity contribution in [2.75, 3.05) is 11.9 Å². The standard InChI is InChI=1S/C9H8ClF3N2O2/c10-6-2-1-3-7(15(16)17)8(6)14-5-4-9(11,12)13/h1-3,14H,4-5H2. The first kappa shape index (κ1) is 13.6. The molecule has 1 N–H and O–H groups in total. The lowest BCUT2D eigenvalue weighted by Crippen LogP contribution is -2.15. The van der Waals surface area contributed by atoms with Crippen molar-refractivity contribution in [2.45, 2.75) is 12.6 Å². The van der Waals surface area contributed by atoms with Crippen molar-refractivity contribution < 1.29 is 18.1 Å². The van der Waals surface area contributed by atoms with E-state index in [1.165, 1.54) is 18.2 Å². The largest absolute Gasteiger partial charge is 0.390 e. The molecule has 0 aromatic heterocycles. The molecule has 0 saturated heterocycles. The summed E-state index contributed by atoms with van der Waals surface area (Å²) < 4.78 is 35.7. The number of benzene rings is 1. The van der Waals surface area contributed by atoms with Crippen LogP contribution < -0.4 is 5.32 Å². The van der Waals surface area contributed by atoms with Gasteiger partial charge in [-0.05, 0) is 6.07 Å². The summed E-state index contributed by atoms with van der Waals surface area (Å²) in [5, 5.41) is 13.0. The number of nitrogens with one attached hydrogen (secondary N) is 1. The Labute approximate surface area is 99.5 Å². The zero-order chi connectivity index (χ0) is 13.1. The van der Waals surface area contributed by atoms with Crippen molar-refractivity contribution in [1.29, 1.82) is 0 Å². The van der Waals surface area contributed by atoms with Crippen LogP contribution in [0.1, 0.15) is 6.42 Å². The summed E-state index contributed by atoms with van der Waals surface area (Å²) in [6, 6.07) is 3.89. The Bertz CT molecular complexity index is 423. The van der Waals surface area contributed by atoms with Gasteiger partial charge in [-0.25, -0.2) is 0 Å². The van der Waals surface area contributed by atoms with Crippen molar-refractivity contribution >= 4 is 23.0 Å². The van der Waals surface area contributed by atoms with E-state index in [1.54, 1.807) is 0 Å². The highest BCUT2D eigenvalue weighted by atomic mass is 35.5. The third-order valence-electron chi connectivity index (χ3n) is 1.90. The zero-order valence-electron chi connectivity index (χ0n) is 8.42. The lowest BCUT2D eigenvalue weighted by atomic mass is 10.2. The highest BCUT2D eigenvalue weighted by molar-refractivity contribution is 6.33. The number of para-hydroxylation sites is 1. The Hall–Kier alpha value is -1.50. The van der Waals surface area contributed by atoms with Crippen molar-refractivity contribution in [3.63, 3.8) is 0 Å². The average molecular weight is 269 g/mol. The lowest BCUT2D eigenvalue weighted by molar-refractivity contribution is -0.384. The van der Waals surface area contributed by atoms with Gasteiger partial charge in [-0.1, -0.05) is 17.7 Å². The molecule has 0 unspecified atom stereocenters. The van der Waals surface area contributed by atoms with Gasteiger partial charge in [0.1, 0.15) is 5.69 Å². The summed E-state index contributed by atoms with van der Waals surface area (Å²) in [5.74, 6) is 0. The number of alkyl halides is 3. The van der Waals surface area contributed by atoms with Gasteiger partial charge in [-0.3, -0.25) is 10.1 Å². The van der Waals surface area contributed by atoms with Crippen LogP contribution in [0.5, 0.6) is 0 Å². The molecule has 0 amide bonds. The number of nitrogens with zero attached hydrogens (tertiary/aromatic N) is 1. The molecule has 0 saturated carbocycles. The number of nitro groups is 1. The molecule has 0 aliphatic carbocycles. The average Bonchev–Trinajstić information content (AvgIpc) is 2.18. The van der Waals surface area contributed by atoms with E-state index < -0.39 is 24.1 Å². The molecule has 1 aromatic carbocycles. The van der Waals surface area contributed by atoms with Crippen molar-refractivity contribution in [1.82, 2.24) is 0 Å². The molecule has 0 aliphatic heterocycles. The summed E-state index contributed by atoms with van der Waals surface area (Å²) in [4.78, 5) is 9.91. The number of anilines is 1. The van der Waals surface area contributed by atoms with E-state index >= 15 is 0 Å². The van der Waals surface area contributed by atoms with Crippen LogP contribution in [-0.4, -0.2) is 17.6 Å². The minimum atomic E-state index is -4.32. The first-order valence-corrected chi connectivity index (χ1v) is 4.92. The van der Waals surface area contributed by atoms with E-state index in [0.29, 0.717) is 0 Å². The fourth-order valence-corrected chi connectivity index (χ4v) is 1.41. The molecule has 1 rings (SSSR count). The van der Waals surface area contributed by atoms with Gasteiger partial charge in [0.15, 0.2) is 0 Å². The van der Waals surface area contributed by atoms with Gasteiger partial charge >= 0.3 is 6.18 Å². The van der Waals surface area contributed by atoms with Gasteiger partial charge in [0.05, 0.1) is 16.4 Å². The fraction of sp³-hybridized carbons (Fsp3) is 0.333. The smallest absolute Gasteiger partial charge is 0.378 e. The Balaban J connectivity index is 2.79. The maximum atomic E-state index is 11.9. The van der Waals surface area contributed by atoms with Crippen LogP contribution in [0, 0.1) is 10.1 Å². The molecule has 0 fully saturated rings. The Morgan fingerprint density at radius 3 is 2.59 bits per heavy atom. The molecular formula is C9H8ClF3N2O2. The molecule has 8 heteroatoms. The SMILES string of the molecule is O=[N+]([O-])c1cccc(Cl)c1NCCC(F)(F)F. The van der Waals surface area contributed by atoms with Crippen LogP contribution in [0.2, 0.25) is 5.02 Å². The zero-order valence-corrected chi connectivity index (χ0v) is 9.18. The van der Waals surface area contributed by atoms with E-state index in [4.69, 9.17) is 11.6 Å². The molecule has 1 aromatic rings. The summed E-state index contributed by atoms with van der Waals surface area (Å²) in [6.45, 7) is -0.464. The van der Waals surface area contributed by atoms with Crippen LogP contribution >= 0.6 is 11.6 Å². The summed E-state index contributed by atoms with van der Waals surface area (Å²) in [7, 11) is 0. The number of hydrogen-bond acceptors (Lipinski definition) is 3. The van der Waals surface area contributed by atoms with E-state index in [2.05, 4.69) is 5.32 Å². The molecule has 0 radical (unpaired) electrons. The minimum absolute atomic E-state index is 0.0152. The highest BCUT2D eigenvalue weighted by Crippen LogP contribution is 2.32. The molecular weight excluding hydrogens is 261 g/mol. The quantitative estimate of drug-likeness (QED) is 0.670. The Kier molecular flexibility index (Phi) is 4.17. The van der Waals surface area contributed by atoms with Crippen LogP contribution in [0.25, 0.3) is 0 Å². The van der Waals surface area contributed by atoms with E-state index in [0.717, 1.165) is 0 Å². The monoisotopic (exact) mass is 268 g/mol. The van der Waals surface area contributed by atoms with Gasteiger partial charge in [0, 0.05) is 12.6 Å². The number of nitro benzene ring substituents is 1. The minimum Gasteiger partial charge on any atom is -0.378 e. The van der Waals surface area contributed by atoms with Crippen molar-refractivity contribution in [2.24, 2.45) is 0 Å². The van der Waals surface area contributed by atoms with Crippen LogP contribution in [-0.2, 0) is 0 Å². The lowest BCUT2D eigenvalue weighted by Gasteiger charge is -2.10. The predicted molar refractivity (Wildman–Crippen MR) is 57.3 cm³/mol. The highest BCUT2D eigenvalue weighted by Gasteiger charge is 2.27. The van der Waals surface area contributed by atoms with Crippen LogP contribution in [0.4, 0.5) is 24.5 Å². The molecule has 0 heterocycles. The van der Waals surface area contributed by atoms with Gasteiger partial charge in [0.2, 0.25) is 0 Å². The summed E-state index contributed by atoms with van der Waals surface area (Å²) >= 11 is 5.68. The van der Waals surface area contributed by atoms with Gasteiger partial charge in [-0.2, -0.15) is 13.2 Å². The maximum Gasteiger partial charge on any atom is 0.390 e. The van der Waals surface area contributed by atoms with E-state index in [-0.39, 0.29) is 16.4 Å². The molecule has 0 atom stereocenters. The molecule has 94 valence electrons. The number of halogens is 4. The van der Waals surface area contributed by atoms with Crippen LogP contribution in [0.15, 0.2) is 18.2 Å². The second-order valence-electron chi connectivity index (χ2n) is 3.18. The second-order valence-corrected chi connectivity index (χ2v) is 3.59. The first-order valence-electron chi connectivity index (χ1n) is 4.55. The molecule has 0 spiro atoms. The van der Waals surface area contributed by atoms with Crippen molar-refractivity contribution in [3.05, 3.63) is 33.3 Å². The van der Waals surface area contributed by atoms with E-state index in [1.807, 2.05) is 0 Å². The van der Waals surface area contributed by atoms with Gasteiger partial charge in [0.25, 0.3) is 5.69 Å². The number of rotatable bonds is 4. The maximum absolute atomic E-state index is 11.9. The predicted octanol–water partition coefficient (Wildman–Crippen LogP) is 3.61. The second kappa shape index (κ2) is 5.22. The summed E-state index contributed by atoms with van der Waals surface area (Å²) in [5.41, 5.74) is -0.442. The topological polar surface area (TPSA) is 55.2 Å². The molecule has 17 heavy (non-hydrogen) atoms. The third kappa shape index (κ3) is 4.10. The summed E-state index contributed by atoms with van der Waals surface area (Å²) in [6.07, 6.45) is -5.40. The van der Waals surface area contributed by atoms with Crippen LogP contribution in [0.3, 0.4) is 0 Å². The first-order chi connectivity index (χ1) is 7.81. The molecule has 4 nitrogen and oxygen atoms in total. The Morgan fingerprint density at radius 1 is 1.41 bits per heavy atom. The van der Waals surface area contributed by atoms with Gasteiger partial charge in [-0.15, -0.1) is 0 Å². The number of hydrogen-bond donors (Lipinski definition) is 1. The van der Waals surface area contributed by atoms with Crippen molar-refractivity contribution in [3.8, 4) is 0 Å². The normalized spacial score (nSPS) is 11.3. The molecule has 0 aliphatic rings.